The lowest BCUT2D eigenvalue weighted by atomic mass is 10.2. The Hall–Kier alpha value is -3.00. The number of esters is 1. The van der Waals surface area contributed by atoms with E-state index in [2.05, 4.69) is 15.3 Å². The SMILES string of the molecule is COC(=O)c1[nH]ncc1CN(C)Cc1cnn(-c2ccc(F)cc2)c1. The predicted octanol–water partition coefficient (Wildman–Crippen LogP) is 2.15. The van der Waals surface area contributed by atoms with Crippen molar-refractivity contribution < 1.29 is 13.9 Å². The predicted molar refractivity (Wildman–Crippen MR) is 88.6 cm³/mol. The van der Waals surface area contributed by atoms with Gasteiger partial charge in [0, 0.05) is 30.4 Å². The van der Waals surface area contributed by atoms with Crippen LogP contribution in [0.1, 0.15) is 21.6 Å². The maximum absolute atomic E-state index is 13.0. The number of aromatic nitrogens is 4. The summed E-state index contributed by atoms with van der Waals surface area (Å²) in [6, 6.07) is 6.14. The summed E-state index contributed by atoms with van der Waals surface area (Å²) in [5.74, 6) is -0.720. The van der Waals surface area contributed by atoms with Crippen molar-refractivity contribution >= 4 is 5.97 Å². The highest BCUT2D eigenvalue weighted by molar-refractivity contribution is 5.88. The molecule has 25 heavy (non-hydrogen) atoms. The molecule has 0 amide bonds. The summed E-state index contributed by atoms with van der Waals surface area (Å²) in [4.78, 5) is 13.7. The fraction of sp³-hybridized carbons (Fsp3) is 0.235. The molecule has 0 saturated heterocycles. The van der Waals surface area contributed by atoms with Crippen LogP contribution in [0.2, 0.25) is 0 Å². The Kier molecular flexibility index (Phi) is 4.90. The van der Waals surface area contributed by atoms with Gasteiger partial charge in [-0.1, -0.05) is 0 Å². The molecule has 0 radical (unpaired) electrons. The van der Waals surface area contributed by atoms with Crippen molar-refractivity contribution in [1.82, 2.24) is 24.9 Å². The van der Waals surface area contributed by atoms with E-state index in [4.69, 9.17) is 4.74 Å². The largest absolute Gasteiger partial charge is 0.464 e. The topological polar surface area (TPSA) is 76.0 Å². The number of nitrogens with one attached hydrogen (secondary N) is 1. The minimum Gasteiger partial charge on any atom is -0.464 e. The Bertz CT molecular complexity index is 856. The number of carbonyl (C=O) groups excluding carboxylic acids is 1. The summed E-state index contributed by atoms with van der Waals surface area (Å²) in [5.41, 5.74) is 2.91. The average Bonchev–Trinajstić information content (AvgIpc) is 3.24. The summed E-state index contributed by atoms with van der Waals surface area (Å²) >= 11 is 0. The van der Waals surface area contributed by atoms with Crippen molar-refractivity contribution in [1.29, 1.82) is 0 Å². The number of aromatic amines is 1. The molecular formula is C17H18FN5O2. The van der Waals surface area contributed by atoms with Crippen molar-refractivity contribution in [2.75, 3.05) is 14.2 Å². The molecule has 0 aliphatic heterocycles. The molecule has 7 nitrogen and oxygen atoms in total. The summed E-state index contributed by atoms with van der Waals surface area (Å²) in [5, 5.41) is 10.9. The molecule has 130 valence electrons. The van der Waals surface area contributed by atoms with E-state index < -0.39 is 5.97 Å². The number of carbonyl (C=O) groups is 1. The lowest BCUT2D eigenvalue weighted by Gasteiger charge is -2.15. The number of halogens is 1. The first-order valence-corrected chi connectivity index (χ1v) is 7.65. The van der Waals surface area contributed by atoms with Crippen LogP contribution in [0, 0.1) is 5.82 Å². The zero-order valence-corrected chi connectivity index (χ0v) is 13.9. The molecule has 0 unspecified atom stereocenters. The van der Waals surface area contributed by atoms with Gasteiger partial charge in [-0.15, -0.1) is 0 Å². The number of ether oxygens (including phenoxy) is 1. The third kappa shape index (κ3) is 3.92. The number of H-pyrrole nitrogens is 1. The number of benzene rings is 1. The van der Waals surface area contributed by atoms with Gasteiger partial charge in [0.1, 0.15) is 11.5 Å². The Morgan fingerprint density at radius 2 is 2.04 bits per heavy atom. The zero-order valence-electron chi connectivity index (χ0n) is 13.9. The second kappa shape index (κ2) is 7.27. The molecule has 1 aromatic carbocycles. The van der Waals surface area contributed by atoms with E-state index in [1.54, 1.807) is 29.2 Å². The highest BCUT2D eigenvalue weighted by Crippen LogP contribution is 2.13. The summed E-state index contributed by atoms with van der Waals surface area (Å²) in [6.07, 6.45) is 5.27. The lowest BCUT2D eigenvalue weighted by Crippen LogP contribution is -2.18. The van der Waals surface area contributed by atoms with Gasteiger partial charge in [0.2, 0.25) is 0 Å². The van der Waals surface area contributed by atoms with E-state index in [0.717, 1.165) is 16.8 Å². The molecule has 0 aliphatic rings. The van der Waals surface area contributed by atoms with Crippen molar-refractivity contribution in [3.63, 3.8) is 0 Å². The van der Waals surface area contributed by atoms with Crippen LogP contribution in [0.4, 0.5) is 4.39 Å². The number of methoxy groups -OCH3 is 1. The first-order valence-electron chi connectivity index (χ1n) is 7.65. The molecule has 8 heteroatoms. The van der Waals surface area contributed by atoms with Gasteiger partial charge in [0.25, 0.3) is 0 Å². The van der Waals surface area contributed by atoms with Crippen LogP contribution in [0.25, 0.3) is 5.69 Å². The molecule has 1 N–H and O–H groups in total. The van der Waals surface area contributed by atoms with E-state index in [0.29, 0.717) is 18.8 Å². The minimum absolute atomic E-state index is 0.280. The van der Waals surface area contributed by atoms with Crippen LogP contribution < -0.4 is 0 Å². The smallest absolute Gasteiger partial charge is 0.356 e. The Morgan fingerprint density at radius 3 is 2.76 bits per heavy atom. The van der Waals surface area contributed by atoms with Crippen molar-refractivity contribution in [3.8, 4) is 5.69 Å². The second-order valence-corrected chi connectivity index (χ2v) is 5.70. The summed E-state index contributed by atoms with van der Waals surface area (Å²) < 4.78 is 19.4. The molecule has 3 rings (SSSR count). The van der Waals surface area contributed by atoms with Gasteiger partial charge in [0.05, 0.1) is 25.2 Å². The first-order chi connectivity index (χ1) is 12.1. The van der Waals surface area contributed by atoms with Crippen molar-refractivity contribution in [3.05, 3.63) is 65.5 Å². The van der Waals surface area contributed by atoms with E-state index in [1.807, 2.05) is 18.1 Å². The standard InChI is InChI=1S/C17H18FN5O2/c1-22(11-13-8-19-21-16(13)17(24)25-2)9-12-7-20-23(10-12)15-5-3-14(18)4-6-15/h3-8,10H,9,11H2,1-2H3,(H,19,21). The fourth-order valence-corrected chi connectivity index (χ4v) is 2.54. The number of hydrogen-bond acceptors (Lipinski definition) is 5. The molecule has 0 bridgehead atoms. The van der Waals surface area contributed by atoms with E-state index in [1.165, 1.54) is 19.2 Å². The second-order valence-electron chi connectivity index (χ2n) is 5.70. The Labute approximate surface area is 144 Å². The van der Waals surface area contributed by atoms with Crippen molar-refractivity contribution in [2.24, 2.45) is 0 Å². The molecule has 0 spiro atoms. The highest BCUT2D eigenvalue weighted by Gasteiger charge is 2.16. The number of nitrogens with zero attached hydrogens (tertiary/aromatic N) is 4. The normalized spacial score (nSPS) is 11.0. The van der Waals surface area contributed by atoms with Gasteiger partial charge in [-0.2, -0.15) is 10.2 Å². The lowest BCUT2D eigenvalue weighted by molar-refractivity contribution is 0.0591. The Morgan fingerprint density at radius 1 is 1.28 bits per heavy atom. The third-order valence-electron chi connectivity index (χ3n) is 3.73. The first kappa shape index (κ1) is 16.8. The van der Waals surface area contributed by atoms with Gasteiger partial charge >= 0.3 is 5.97 Å². The van der Waals surface area contributed by atoms with Crippen LogP contribution in [-0.2, 0) is 17.8 Å². The molecule has 3 aromatic rings. The van der Waals surface area contributed by atoms with Crippen LogP contribution in [0.15, 0.2) is 42.9 Å². The van der Waals surface area contributed by atoms with Crippen molar-refractivity contribution in [2.45, 2.75) is 13.1 Å². The van der Waals surface area contributed by atoms with Gasteiger partial charge in [-0.05, 0) is 31.3 Å². The molecular weight excluding hydrogens is 325 g/mol. The summed E-state index contributed by atoms with van der Waals surface area (Å²) in [6.45, 7) is 1.16. The molecule has 0 aliphatic carbocycles. The van der Waals surface area contributed by atoms with Crippen LogP contribution in [-0.4, -0.2) is 45.0 Å². The molecule has 2 heterocycles. The quantitative estimate of drug-likeness (QED) is 0.694. The van der Waals surface area contributed by atoms with Gasteiger partial charge in [-0.25, -0.2) is 13.9 Å². The van der Waals surface area contributed by atoms with E-state index >= 15 is 0 Å². The number of hydrogen-bond donors (Lipinski definition) is 1. The average molecular weight is 343 g/mol. The Balaban J connectivity index is 1.66. The van der Waals surface area contributed by atoms with Gasteiger partial charge in [-0.3, -0.25) is 10.00 Å². The van der Waals surface area contributed by atoms with Crippen LogP contribution in [0.5, 0.6) is 0 Å². The van der Waals surface area contributed by atoms with E-state index in [9.17, 15) is 9.18 Å². The molecule has 0 atom stereocenters. The zero-order chi connectivity index (χ0) is 17.8. The third-order valence-corrected chi connectivity index (χ3v) is 3.73. The molecule has 0 fully saturated rings. The van der Waals surface area contributed by atoms with Gasteiger partial charge in [0.15, 0.2) is 0 Å². The minimum atomic E-state index is -0.440. The van der Waals surface area contributed by atoms with E-state index in [-0.39, 0.29) is 5.82 Å². The van der Waals surface area contributed by atoms with Gasteiger partial charge < -0.3 is 4.74 Å². The molecule has 0 saturated carbocycles. The monoisotopic (exact) mass is 343 g/mol. The maximum atomic E-state index is 13.0. The highest BCUT2D eigenvalue weighted by atomic mass is 19.1. The molecule has 2 aromatic heterocycles. The maximum Gasteiger partial charge on any atom is 0.356 e. The number of rotatable bonds is 6. The van der Waals surface area contributed by atoms with Crippen LogP contribution in [0.3, 0.4) is 0 Å². The van der Waals surface area contributed by atoms with Crippen LogP contribution >= 0.6 is 0 Å². The fourth-order valence-electron chi connectivity index (χ4n) is 2.54. The summed E-state index contributed by atoms with van der Waals surface area (Å²) in [7, 11) is 3.27.